The van der Waals surface area contributed by atoms with Gasteiger partial charge in [-0.2, -0.15) is 9.97 Å². The van der Waals surface area contributed by atoms with Crippen molar-refractivity contribution in [2.24, 2.45) is 11.5 Å². The van der Waals surface area contributed by atoms with E-state index in [1.165, 1.54) is 51.4 Å². The highest BCUT2D eigenvalue weighted by Gasteiger charge is 2.23. The van der Waals surface area contributed by atoms with Gasteiger partial charge in [-0.25, -0.2) is 4.98 Å². The summed E-state index contributed by atoms with van der Waals surface area (Å²) in [6.45, 7) is 1.72. The van der Waals surface area contributed by atoms with Gasteiger partial charge in [0.2, 0.25) is 5.95 Å². The number of hydrogen-bond acceptors (Lipinski definition) is 7. The third-order valence-corrected chi connectivity index (χ3v) is 7.17. The first-order chi connectivity index (χ1) is 15.7. The fourth-order valence-corrected chi connectivity index (χ4v) is 5.18. The van der Waals surface area contributed by atoms with Crippen LogP contribution in [0.25, 0.3) is 11.2 Å². The van der Waals surface area contributed by atoms with E-state index >= 15 is 0 Å². The Bertz CT molecular complexity index is 839. The van der Waals surface area contributed by atoms with Crippen molar-refractivity contribution in [3.05, 3.63) is 6.33 Å². The van der Waals surface area contributed by atoms with Gasteiger partial charge in [0.25, 0.3) is 0 Å². The fraction of sp³-hybridized carbons (Fsp3) is 0.792. The van der Waals surface area contributed by atoms with Gasteiger partial charge in [0.05, 0.1) is 6.33 Å². The van der Waals surface area contributed by atoms with Crippen LogP contribution in [0.3, 0.4) is 0 Å². The second-order valence-electron chi connectivity index (χ2n) is 9.75. The second kappa shape index (κ2) is 18.5. The lowest BCUT2D eigenvalue weighted by atomic mass is 9.92. The highest BCUT2D eigenvalue weighted by atomic mass is 35.5. The SMILES string of the molecule is Cl.Cl.Cl.Cl.NCCCCCCCCNc1nc(NC2CCC(N)CC2)nc2c1ncn2C1CCCC1. The fourth-order valence-electron chi connectivity index (χ4n) is 5.18. The molecule has 210 valence electrons. The average molecular weight is 588 g/mol. The lowest BCUT2D eigenvalue weighted by molar-refractivity contribution is 0.410. The molecule has 0 spiro atoms. The maximum atomic E-state index is 6.09. The molecule has 0 radical (unpaired) electrons. The van der Waals surface area contributed by atoms with Gasteiger partial charge in [0, 0.05) is 24.7 Å². The van der Waals surface area contributed by atoms with Gasteiger partial charge in [0.15, 0.2) is 17.0 Å². The zero-order valence-electron chi connectivity index (χ0n) is 21.2. The van der Waals surface area contributed by atoms with Gasteiger partial charge in [0.1, 0.15) is 0 Å². The molecular weight excluding hydrogens is 542 g/mol. The molecule has 12 heteroatoms. The summed E-state index contributed by atoms with van der Waals surface area (Å²) >= 11 is 0. The quantitative estimate of drug-likeness (QED) is 0.224. The van der Waals surface area contributed by atoms with Crippen LogP contribution in [-0.2, 0) is 0 Å². The normalized spacial score (nSPS) is 19.5. The van der Waals surface area contributed by atoms with E-state index in [1.54, 1.807) is 0 Å². The van der Waals surface area contributed by atoms with Crippen LogP contribution in [0.4, 0.5) is 11.8 Å². The number of nitrogens with zero attached hydrogens (tertiary/aromatic N) is 4. The van der Waals surface area contributed by atoms with Gasteiger partial charge in [-0.05, 0) is 57.9 Å². The number of halogens is 4. The number of imidazole rings is 1. The van der Waals surface area contributed by atoms with E-state index in [2.05, 4.69) is 15.2 Å². The summed E-state index contributed by atoms with van der Waals surface area (Å²) in [5.74, 6) is 1.59. The predicted molar refractivity (Wildman–Crippen MR) is 161 cm³/mol. The summed E-state index contributed by atoms with van der Waals surface area (Å²) in [5, 5.41) is 7.17. The molecule has 2 aromatic heterocycles. The maximum absolute atomic E-state index is 6.09. The third-order valence-electron chi connectivity index (χ3n) is 7.17. The first-order valence-corrected chi connectivity index (χ1v) is 12.9. The minimum atomic E-state index is 0. The molecule has 2 aliphatic rings. The van der Waals surface area contributed by atoms with Crippen LogP contribution in [-0.4, -0.2) is 44.7 Å². The summed E-state index contributed by atoms with van der Waals surface area (Å²) in [6.07, 6.45) is 18.6. The van der Waals surface area contributed by atoms with Crippen LogP contribution in [0.15, 0.2) is 6.33 Å². The third kappa shape index (κ3) is 9.84. The van der Waals surface area contributed by atoms with E-state index in [4.69, 9.17) is 26.4 Å². The molecule has 0 amide bonds. The number of nitrogens with one attached hydrogen (secondary N) is 2. The Hall–Kier alpha value is -0.770. The van der Waals surface area contributed by atoms with Crippen LogP contribution in [0.2, 0.25) is 0 Å². The van der Waals surface area contributed by atoms with E-state index in [0.717, 1.165) is 74.5 Å². The number of aromatic nitrogens is 4. The van der Waals surface area contributed by atoms with E-state index in [9.17, 15) is 0 Å². The topological polar surface area (TPSA) is 120 Å². The van der Waals surface area contributed by atoms with Crippen molar-refractivity contribution in [3.8, 4) is 0 Å². The summed E-state index contributed by atoms with van der Waals surface area (Å²) in [4.78, 5) is 14.5. The van der Waals surface area contributed by atoms with Gasteiger partial charge in [-0.1, -0.05) is 38.5 Å². The summed E-state index contributed by atoms with van der Waals surface area (Å²) < 4.78 is 2.29. The lowest BCUT2D eigenvalue weighted by Crippen LogP contribution is -2.33. The number of rotatable bonds is 12. The molecule has 2 fully saturated rings. The highest BCUT2D eigenvalue weighted by molar-refractivity contribution is 5.86. The Morgan fingerprint density at radius 2 is 1.47 bits per heavy atom. The zero-order valence-corrected chi connectivity index (χ0v) is 24.5. The predicted octanol–water partition coefficient (Wildman–Crippen LogP) is 6.02. The minimum absolute atomic E-state index is 0. The number of fused-ring (bicyclic) bond motifs is 1. The molecule has 2 aromatic rings. The second-order valence-corrected chi connectivity index (χ2v) is 9.75. The van der Waals surface area contributed by atoms with Crippen molar-refractivity contribution in [1.82, 2.24) is 19.5 Å². The van der Waals surface area contributed by atoms with Crippen LogP contribution >= 0.6 is 49.6 Å². The van der Waals surface area contributed by atoms with Crippen LogP contribution in [0, 0.1) is 0 Å². The molecule has 0 saturated heterocycles. The van der Waals surface area contributed by atoms with Crippen LogP contribution in [0.1, 0.15) is 95.9 Å². The largest absolute Gasteiger partial charge is 0.368 e. The molecule has 36 heavy (non-hydrogen) atoms. The Kier molecular flexibility index (Phi) is 18.1. The van der Waals surface area contributed by atoms with Gasteiger partial charge >= 0.3 is 0 Å². The molecule has 2 saturated carbocycles. The van der Waals surface area contributed by atoms with Gasteiger partial charge < -0.3 is 26.7 Å². The molecule has 0 atom stereocenters. The molecule has 4 rings (SSSR count). The van der Waals surface area contributed by atoms with Crippen LogP contribution < -0.4 is 22.1 Å². The first-order valence-electron chi connectivity index (χ1n) is 12.9. The Balaban J connectivity index is 0.00000306. The van der Waals surface area contributed by atoms with Crippen molar-refractivity contribution in [3.63, 3.8) is 0 Å². The van der Waals surface area contributed by atoms with E-state index < -0.39 is 0 Å². The standard InChI is InChI=1S/C24H42N8.4ClH/c25-15-7-3-1-2-4-8-16-27-22-21-23(32(17-28-21)20-9-5-6-10-20)31-24(30-22)29-19-13-11-18(26)12-14-19;;;;/h17-20H,1-16,25-26H2,(H2,27,29,30,31);4*1H. The summed E-state index contributed by atoms with van der Waals surface area (Å²) in [5.41, 5.74) is 13.5. The molecular formula is C24H46Cl4N8. The number of hydrogen-bond donors (Lipinski definition) is 4. The highest BCUT2D eigenvalue weighted by Crippen LogP contribution is 2.33. The molecule has 0 aromatic carbocycles. The molecule has 0 bridgehead atoms. The van der Waals surface area contributed by atoms with Crippen molar-refractivity contribution in [1.29, 1.82) is 0 Å². The van der Waals surface area contributed by atoms with Crippen molar-refractivity contribution in [2.75, 3.05) is 23.7 Å². The maximum Gasteiger partial charge on any atom is 0.227 e. The Labute approximate surface area is 241 Å². The molecule has 0 aliphatic heterocycles. The van der Waals surface area contributed by atoms with Crippen molar-refractivity contribution >= 4 is 72.6 Å². The zero-order chi connectivity index (χ0) is 22.2. The number of nitrogens with two attached hydrogens (primary N) is 2. The molecule has 2 aliphatic carbocycles. The first kappa shape index (κ1) is 35.2. The number of unbranched alkanes of at least 4 members (excludes halogenated alkanes) is 5. The Morgan fingerprint density at radius 3 is 2.14 bits per heavy atom. The van der Waals surface area contributed by atoms with E-state index in [-0.39, 0.29) is 49.6 Å². The summed E-state index contributed by atoms with van der Waals surface area (Å²) in [6, 6.07) is 1.25. The van der Waals surface area contributed by atoms with Gasteiger partial charge in [-0.15, -0.1) is 49.6 Å². The lowest BCUT2D eigenvalue weighted by Gasteiger charge is -2.27. The van der Waals surface area contributed by atoms with Gasteiger partial charge in [-0.3, -0.25) is 0 Å². The molecule has 6 N–H and O–H groups in total. The molecule has 0 unspecified atom stereocenters. The summed E-state index contributed by atoms with van der Waals surface area (Å²) in [7, 11) is 0. The van der Waals surface area contributed by atoms with Crippen molar-refractivity contribution < 1.29 is 0 Å². The monoisotopic (exact) mass is 586 g/mol. The van der Waals surface area contributed by atoms with Crippen LogP contribution in [0.5, 0.6) is 0 Å². The van der Waals surface area contributed by atoms with E-state index in [0.29, 0.717) is 18.1 Å². The molecule has 8 nitrogen and oxygen atoms in total. The minimum Gasteiger partial charge on any atom is -0.368 e. The van der Waals surface area contributed by atoms with Crippen molar-refractivity contribution in [2.45, 2.75) is 108 Å². The number of anilines is 2. The Morgan fingerprint density at radius 1 is 0.833 bits per heavy atom. The van der Waals surface area contributed by atoms with E-state index in [1.807, 2.05) is 6.33 Å². The smallest absolute Gasteiger partial charge is 0.227 e. The molecule has 2 heterocycles. The average Bonchev–Trinajstić information content (AvgIpc) is 3.47.